The summed E-state index contributed by atoms with van der Waals surface area (Å²) in [6.07, 6.45) is 0.537. The second kappa shape index (κ2) is 6.51. The second-order valence-electron chi connectivity index (χ2n) is 4.94. The van der Waals surface area contributed by atoms with Gasteiger partial charge in [-0.15, -0.1) is 0 Å². The third kappa shape index (κ3) is 3.02. The molecule has 1 aliphatic carbocycles. The first kappa shape index (κ1) is 17.5. The van der Waals surface area contributed by atoms with Crippen molar-refractivity contribution in [3.05, 3.63) is 49.4 Å². The van der Waals surface area contributed by atoms with Crippen LogP contribution in [0.25, 0.3) is 11.1 Å². The molecule has 2 aromatic rings. The minimum atomic E-state index is -1.25. The lowest BCUT2D eigenvalue weighted by Crippen LogP contribution is -2.19. The van der Waals surface area contributed by atoms with Gasteiger partial charge in [-0.1, -0.05) is 75.7 Å². The van der Waals surface area contributed by atoms with E-state index in [0.29, 0.717) is 21.5 Å². The largest absolute Gasteiger partial charge is 0.321 e. The van der Waals surface area contributed by atoms with E-state index < -0.39 is 10.7 Å². The molecule has 1 aliphatic rings. The highest BCUT2D eigenvalue weighted by Crippen LogP contribution is 2.51. The molecule has 2 aromatic carbocycles. The maximum absolute atomic E-state index is 11.7. The third-order valence-electron chi connectivity index (χ3n) is 3.57. The Hall–Kier alpha value is -0.350. The summed E-state index contributed by atoms with van der Waals surface area (Å²) in [7, 11) is 0. The zero-order valence-electron chi connectivity index (χ0n) is 11.2. The Labute approximate surface area is 162 Å². The lowest BCUT2D eigenvalue weighted by molar-refractivity contribution is -0.114. The summed E-state index contributed by atoms with van der Waals surface area (Å²) in [4.78, 5) is 10.5. The Morgan fingerprint density at radius 3 is 2.39 bits per heavy atom. The van der Waals surface area contributed by atoms with Crippen LogP contribution >= 0.6 is 69.6 Å². The van der Waals surface area contributed by atoms with Crippen molar-refractivity contribution in [2.24, 2.45) is 0 Å². The molecule has 8 heteroatoms. The molecule has 0 aliphatic heterocycles. The van der Waals surface area contributed by atoms with Crippen molar-refractivity contribution in [2.75, 3.05) is 5.32 Å². The minimum absolute atomic E-state index is 0.139. The third-order valence-corrected chi connectivity index (χ3v) is 5.47. The fraction of sp³-hybridized carbons (Fsp3) is 0.133. The molecule has 0 fully saturated rings. The van der Waals surface area contributed by atoms with E-state index in [-0.39, 0.29) is 10.7 Å². The summed E-state index contributed by atoms with van der Waals surface area (Å²) in [6, 6.07) is 5.49. The fourth-order valence-corrected chi connectivity index (χ4v) is 3.79. The first-order valence-electron chi connectivity index (χ1n) is 6.38. The van der Waals surface area contributed by atoms with E-state index in [1.807, 2.05) is 12.1 Å². The maximum Gasteiger partial charge on any atom is 0.257 e. The molecule has 0 atom stereocenters. The van der Waals surface area contributed by atoms with Gasteiger partial charge in [0.1, 0.15) is 0 Å². The van der Waals surface area contributed by atoms with Gasteiger partial charge in [0.05, 0.1) is 20.8 Å². The van der Waals surface area contributed by atoms with Gasteiger partial charge in [-0.25, -0.2) is 0 Å². The Morgan fingerprint density at radius 2 is 1.74 bits per heavy atom. The van der Waals surface area contributed by atoms with E-state index in [1.54, 1.807) is 6.07 Å². The van der Waals surface area contributed by atoms with E-state index in [4.69, 9.17) is 69.6 Å². The normalized spacial score (nSPS) is 12.3. The molecule has 0 radical (unpaired) electrons. The van der Waals surface area contributed by atoms with Crippen LogP contribution in [0, 0.1) is 0 Å². The number of hydrogen-bond donors (Lipinski definition) is 1. The standard InChI is InChI=1S/C15H7Cl6NO/c16-6-1-2-7-5(3-6)4-8-9(7)11(18)12(19)13(10(8)17)22-15(23)14(20)21/h1-3,14H,4H2,(H,22,23). The molecule has 1 amide bonds. The van der Waals surface area contributed by atoms with Crippen LogP contribution in [0.4, 0.5) is 5.69 Å². The van der Waals surface area contributed by atoms with Crippen molar-refractivity contribution in [3.8, 4) is 11.1 Å². The first-order chi connectivity index (χ1) is 10.8. The summed E-state index contributed by atoms with van der Waals surface area (Å²) in [6.45, 7) is 0. The Morgan fingerprint density at radius 1 is 1.04 bits per heavy atom. The molecule has 0 saturated heterocycles. The molecule has 1 N–H and O–H groups in total. The predicted octanol–water partition coefficient (Wildman–Crippen LogP) is 6.61. The molecule has 0 aromatic heterocycles. The smallest absolute Gasteiger partial charge is 0.257 e. The van der Waals surface area contributed by atoms with Crippen molar-refractivity contribution in [1.29, 1.82) is 0 Å². The second-order valence-corrected chi connectivity index (χ2v) is 7.61. The average molecular weight is 430 g/mol. The van der Waals surface area contributed by atoms with Gasteiger partial charge in [0, 0.05) is 17.0 Å². The van der Waals surface area contributed by atoms with Crippen molar-refractivity contribution in [2.45, 2.75) is 11.3 Å². The summed E-state index contributed by atoms with van der Waals surface area (Å²) >= 11 is 36.3. The summed E-state index contributed by atoms with van der Waals surface area (Å²) < 4.78 is 0. The Balaban J connectivity index is 2.17. The van der Waals surface area contributed by atoms with Crippen LogP contribution in [-0.2, 0) is 11.2 Å². The number of halogens is 6. The lowest BCUT2D eigenvalue weighted by Gasteiger charge is -2.15. The zero-order valence-corrected chi connectivity index (χ0v) is 15.7. The van der Waals surface area contributed by atoms with E-state index in [2.05, 4.69) is 5.32 Å². The monoisotopic (exact) mass is 427 g/mol. The number of amides is 1. The molecular formula is C15H7Cl6NO. The predicted molar refractivity (Wildman–Crippen MR) is 98.8 cm³/mol. The maximum atomic E-state index is 11.7. The van der Waals surface area contributed by atoms with Gasteiger partial charge in [-0.2, -0.15) is 0 Å². The van der Waals surface area contributed by atoms with Crippen molar-refractivity contribution >= 4 is 81.2 Å². The molecule has 0 bridgehead atoms. The van der Waals surface area contributed by atoms with Crippen molar-refractivity contribution in [1.82, 2.24) is 0 Å². The number of anilines is 1. The molecule has 2 nitrogen and oxygen atoms in total. The van der Waals surface area contributed by atoms with Gasteiger partial charge >= 0.3 is 0 Å². The molecule has 23 heavy (non-hydrogen) atoms. The molecule has 0 saturated carbocycles. The van der Waals surface area contributed by atoms with Crippen molar-refractivity contribution < 1.29 is 4.79 Å². The summed E-state index contributed by atoms with van der Waals surface area (Å²) in [5.74, 6) is -0.633. The first-order valence-corrected chi connectivity index (χ1v) is 8.77. The number of alkyl halides is 2. The average Bonchev–Trinajstić information content (AvgIpc) is 2.87. The number of nitrogens with one attached hydrogen (secondary N) is 1. The highest BCUT2D eigenvalue weighted by molar-refractivity contribution is 6.55. The lowest BCUT2D eigenvalue weighted by atomic mass is 10.0. The number of hydrogen-bond acceptors (Lipinski definition) is 1. The Bertz CT molecular complexity index is 833. The highest BCUT2D eigenvalue weighted by Gasteiger charge is 2.29. The van der Waals surface area contributed by atoms with Gasteiger partial charge in [0.25, 0.3) is 5.91 Å². The summed E-state index contributed by atoms with van der Waals surface area (Å²) in [5, 5.41) is 3.89. The van der Waals surface area contributed by atoms with Crippen LogP contribution in [0.5, 0.6) is 0 Å². The zero-order chi connectivity index (χ0) is 16.9. The van der Waals surface area contributed by atoms with E-state index in [1.165, 1.54) is 0 Å². The van der Waals surface area contributed by atoms with Gasteiger partial charge in [-0.3, -0.25) is 4.79 Å². The van der Waals surface area contributed by atoms with Gasteiger partial charge in [0.2, 0.25) is 0 Å². The Kier molecular flexibility index (Phi) is 4.95. The van der Waals surface area contributed by atoms with Crippen LogP contribution in [0.1, 0.15) is 11.1 Å². The molecule has 0 spiro atoms. The van der Waals surface area contributed by atoms with E-state index in [0.717, 1.165) is 22.3 Å². The van der Waals surface area contributed by atoms with E-state index in [9.17, 15) is 4.79 Å². The van der Waals surface area contributed by atoms with Crippen LogP contribution in [0.2, 0.25) is 20.1 Å². The van der Waals surface area contributed by atoms with E-state index >= 15 is 0 Å². The molecule has 3 rings (SSSR count). The fourth-order valence-electron chi connectivity index (χ4n) is 2.59. The van der Waals surface area contributed by atoms with Crippen LogP contribution < -0.4 is 5.32 Å². The van der Waals surface area contributed by atoms with Gasteiger partial charge in [0.15, 0.2) is 4.84 Å². The quantitative estimate of drug-likeness (QED) is 0.360. The minimum Gasteiger partial charge on any atom is -0.321 e. The van der Waals surface area contributed by atoms with Gasteiger partial charge < -0.3 is 5.32 Å². The van der Waals surface area contributed by atoms with Gasteiger partial charge in [-0.05, 0) is 28.8 Å². The van der Waals surface area contributed by atoms with Crippen LogP contribution in [0.15, 0.2) is 18.2 Å². The number of benzene rings is 2. The SMILES string of the molecule is O=C(Nc1c(Cl)c(Cl)c2c(c1Cl)Cc1cc(Cl)ccc1-2)C(Cl)Cl. The highest BCUT2D eigenvalue weighted by atomic mass is 35.5. The molecular weight excluding hydrogens is 423 g/mol. The summed E-state index contributed by atoms with van der Waals surface area (Å²) in [5.41, 5.74) is 3.63. The molecule has 0 unspecified atom stereocenters. The topological polar surface area (TPSA) is 29.1 Å². The molecule has 0 heterocycles. The molecule has 120 valence electrons. The van der Waals surface area contributed by atoms with Crippen molar-refractivity contribution in [3.63, 3.8) is 0 Å². The van der Waals surface area contributed by atoms with Crippen LogP contribution in [0.3, 0.4) is 0 Å². The number of carbonyl (C=O) groups excluding carboxylic acids is 1. The number of fused-ring (bicyclic) bond motifs is 3. The van der Waals surface area contributed by atoms with Crippen LogP contribution in [-0.4, -0.2) is 10.7 Å². The number of rotatable bonds is 2. The number of carbonyl (C=O) groups is 1.